The maximum Gasteiger partial charge on any atom is 0.220 e. The number of piperidine rings is 1. The Morgan fingerprint density at radius 2 is 2.05 bits per heavy atom. The Morgan fingerprint density at radius 3 is 2.78 bits per heavy atom. The molecule has 4 heterocycles. The second-order valence-electron chi connectivity index (χ2n) is 11.7. The largest absolute Gasteiger partial charge is 0.384 e. The van der Waals surface area contributed by atoms with Crippen LogP contribution in [0.5, 0.6) is 0 Å². The Kier molecular flexibility index (Phi) is 7.98. The lowest BCUT2D eigenvalue weighted by Gasteiger charge is -2.33. The molecule has 5 rings (SSSR count). The molecule has 0 spiro atoms. The third-order valence-corrected chi connectivity index (χ3v) is 8.72. The fraction of sp³-hybridized carbons (Fsp3) is 0.690. The van der Waals surface area contributed by atoms with Crippen molar-refractivity contribution in [3.05, 3.63) is 35.1 Å². The van der Waals surface area contributed by atoms with Crippen LogP contribution in [0, 0.1) is 17.3 Å². The van der Waals surface area contributed by atoms with Crippen LogP contribution in [0.2, 0.25) is 0 Å². The maximum absolute atomic E-state index is 5.68. The molecule has 37 heavy (non-hydrogen) atoms. The van der Waals surface area contributed by atoms with Crippen molar-refractivity contribution in [1.82, 2.24) is 20.4 Å². The lowest BCUT2D eigenvalue weighted by Crippen LogP contribution is -2.46. The number of nitrogens with zero attached hydrogens (tertiary/aromatic N) is 5. The minimum Gasteiger partial charge on any atom is -0.384 e. The van der Waals surface area contributed by atoms with Gasteiger partial charge in [0.05, 0.1) is 18.3 Å². The average Bonchev–Trinajstić information content (AvgIpc) is 3.17. The van der Waals surface area contributed by atoms with Crippen LogP contribution in [0.25, 0.3) is 0 Å². The molecule has 0 radical (unpaired) electrons. The number of methoxy groups -OCH3 is 1. The molecule has 0 aromatic heterocycles. The van der Waals surface area contributed by atoms with Gasteiger partial charge in [0.15, 0.2) is 0 Å². The molecule has 2 fully saturated rings. The van der Waals surface area contributed by atoms with E-state index in [1.165, 1.54) is 31.5 Å². The first kappa shape index (κ1) is 26.3. The van der Waals surface area contributed by atoms with Gasteiger partial charge in [0.1, 0.15) is 11.7 Å². The third kappa shape index (κ3) is 5.61. The first-order chi connectivity index (χ1) is 17.9. The highest BCUT2D eigenvalue weighted by atomic mass is 16.5. The summed E-state index contributed by atoms with van der Waals surface area (Å²) in [5.74, 6) is 3.94. The monoisotopic (exact) mass is 507 g/mol. The van der Waals surface area contributed by atoms with Crippen molar-refractivity contribution >= 4 is 17.6 Å². The van der Waals surface area contributed by atoms with E-state index in [-0.39, 0.29) is 17.4 Å². The van der Waals surface area contributed by atoms with E-state index in [2.05, 4.69) is 59.6 Å². The van der Waals surface area contributed by atoms with Crippen LogP contribution < -0.4 is 10.6 Å². The highest BCUT2D eigenvalue weighted by Gasteiger charge is 2.50. The number of likely N-dealkylation sites (N-methyl/N-ethyl adjacent to an activating group) is 1. The molecule has 0 aromatic carbocycles. The van der Waals surface area contributed by atoms with Gasteiger partial charge in [-0.3, -0.25) is 0 Å². The summed E-state index contributed by atoms with van der Waals surface area (Å²) in [6.07, 6.45) is 12.5. The highest BCUT2D eigenvalue weighted by molar-refractivity contribution is 6.09. The molecule has 1 aliphatic carbocycles. The van der Waals surface area contributed by atoms with E-state index in [1.54, 1.807) is 12.7 Å². The zero-order valence-electron chi connectivity index (χ0n) is 23.4. The lowest BCUT2D eigenvalue weighted by atomic mass is 9.79. The molecule has 5 aliphatic rings. The van der Waals surface area contributed by atoms with Gasteiger partial charge >= 0.3 is 0 Å². The fourth-order valence-electron chi connectivity index (χ4n) is 6.68. The van der Waals surface area contributed by atoms with Crippen LogP contribution >= 0.6 is 0 Å². The Morgan fingerprint density at radius 1 is 1.24 bits per heavy atom. The standard InChI is InChI=1S/C29H45N7O/c1-20-15-22(9-10-24(20)21-11-13-35(4)14-12-21)33-28-31-17-25-27(34-28)36(18-29(25,2)19-37-5)26-8-6-7-23(32-26)16-30-3/h7,10,15,21-22,25,30H,6,8-9,11-14,16-19H2,1-5H3,(H,31,33)/t22-,25?,29+/m1/s1. The number of hydrogen-bond acceptors (Lipinski definition) is 6. The zero-order valence-corrected chi connectivity index (χ0v) is 23.4. The molecule has 0 aromatic rings. The van der Waals surface area contributed by atoms with Crippen molar-refractivity contribution in [3.63, 3.8) is 0 Å². The van der Waals surface area contributed by atoms with E-state index in [0.29, 0.717) is 12.5 Å². The number of amidine groups is 2. The molecule has 2 saturated heterocycles. The number of ether oxygens (including phenoxy) is 1. The smallest absolute Gasteiger partial charge is 0.220 e. The summed E-state index contributed by atoms with van der Waals surface area (Å²) in [6.45, 7) is 10.2. The number of nitrogens with one attached hydrogen (secondary N) is 2. The van der Waals surface area contributed by atoms with Crippen molar-refractivity contribution in [1.29, 1.82) is 0 Å². The molecular weight excluding hydrogens is 462 g/mol. The molecule has 8 nitrogen and oxygen atoms in total. The molecule has 0 saturated carbocycles. The van der Waals surface area contributed by atoms with E-state index in [0.717, 1.165) is 62.2 Å². The van der Waals surface area contributed by atoms with Crippen molar-refractivity contribution in [2.45, 2.75) is 52.0 Å². The second kappa shape index (κ2) is 11.2. The molecule has 2 N–H and O–H groups in total. The summed E-state index contributed by atoms with van der Waals surface area (Å²) in [5.41, 5.74) is 4.03. The van der Waals surface area contributed by atoms with Gasteiger partial charge in [-0.25, -0.2) is 9.98 Å². The minimum absolute atomic E-state index is 0.0218. The number of guanidine groups is 1. The van der Waals surface area contributed by atoms with E-state index in [4.69, 9.17) is 19.7 Å². The second-order valence-corrected chi connectivity index (χ2v) is 11.7. The third-order valence-electron chi connectivity index (χ3n) is 8.72. The van der Waals surface area contributed by atoms with Crippen molar-refractivity contribution < 1.29 is 4.74 Å². The number of aliphatic imine (C=N–C) groups is 3. The molecule has 3 atom stereocenters. The van der Waals surface area contributed by atoms with Crippen LogP contribution in [0.4, 0.5) is 0 Å². The maximum atomic E-state index is 5.68. The van der Waals surface area contributed by atoms with Gasteiger partial charge in [-0.2, -0.15) is 4.99 Å². The van der Waals surface area contributed by atoms with Crippen LogP contribution in [-0.4, -0.2) is 94.0 Å². The van der Waals surface area contributed by atoms with Gasteiger partial charge in [0.25, 0.3) is 0 Å². The summed E-state index contributed by atoms with van der Waals surface area (Å²) >= 11 is 0. The lowest BCUT2D eigenvalue weighted by molar-refractivity contribution is 0.0770. The van der Waals surface area contributed by atoms with Gasteiger partial charge in [-0.1, -0.05) is 25.2 Å². The summed E-state index contributed by atoms with van der Waals surface area (Å²) < 4.78 is 5.68. The average molecular weight is 508 g/mol. The van der Waals surface area contributed by atoms with Crippen molar-refractivity contribution in [3.8, 4) is 0 Å². The van der Waals surface area contributed by atoms with Crippen LogP contribution in [-0.2, 0) is 4.74 Å². The summed E-state index contributed by atoms with van der Waals surface area (Å²) in [7, 11) is 6.00. The van der Waals surface area contributed by atoms with Gasteiger partial charge in [-0.05, 0) is 76.9 Å². The first-order valence-electron chi connectivity index (χ1n) is 14.1. The van der Waals surface area contributed by atoms with Gasteiger partial charge in [0, 0.05) is 44.5 Å². The predicted octanol–water partition coefficient (Wildman–Crippen LogP) is 3.21. The minimum atomic E-state index is -0.0218. The number of likely N-dealkylation sites (tertiary alicyclic amines) is 2. The number of fused-ring (bicyclic) bond motifs is 1. The Balaban J connectivity index is 1.36. The number of hydrogen-bond donors (Lipinski definition) is 2. The topological polar surface area (TPSA) is 76.9 Å². The van der Waals surface area contributed by atoms with Crippen molar-refractivity contribution in [2.24, 2.45) is 32.2 Å². The molecule has 8 heteroatoms. The highest BCUT2D eigenvalue weighted by Crippen LogP contribution is 2.40. The van der Waals surface area contributed by atoms with Crippen LogP contribution in [0.1, 0.15) is 46.0 Å². The predicted molar refractivity (Wildman–Crippen MR) is 152 cm³/mol. The fourth-order valence-corrected chi connectivity index (χ4v) is 6.68. The summed E-state index contributed by atoms with van der Waals surface area (Å²) in [6, 6.07) is 0.135. The van der Waals surface area contributed by atoms with E-state index in [9.17, 15) is 0 Å². The molecular formula is C29H45N7O. The normalized spacial score (nSPS) is 32.3. The Bertz CT molecular complexity index is 1050. The van der Waals surface area contributed by atoms with Crippen LogP contribution in [0.15, 0.2) is 50.0 Å². The van der Waals surface area contributed by atoms with Gasteiger partial charge in [-0.15, -0.1) is 0 Å². The Hall–Kier alpha value is -2.29. The van der Waals surface area contributed by atoms with Gasteiger partial charge in [0.2, 0.25) is 5.96 Å². The quantitative estimate of drug-likeness (QED) is 0.577. The SMILES string of the molecule is CNCC1=CCCC(N2C[C@@](C)(COC)C3CNC(=N[C@H]4C=C(C)C(C5CCN(C)CC5)=CC4)N=C32)=N1. The molecule has 202 valence electrons. The van der Waals surface area contributed by atoms with Crippen molar-refractivity contribution in [2.75, 3.05) is 60.5 Å². The Labute approximate surface area is 222 Å². The summed E-state index contributed by atoms with van der Waals surface area (Å²) in [5, 5.41) is 6.80. The number of allylic oxidation sites excluding steroid dienone is 3. The molecule has 1 unspecified atom stereocenters. The molecule has 0 amide bonds. The van der Waals surface area contributed by atoms with E-state index >= 15 is 0 Å². The first-order valence-corrected chi connectivity index (χ1v) is 14.1. The zero-order chi connectivity index (χ0) is 26.0. The summed E-state index contributed by atoms with van der Waals surface area (Å²) in [4.78, 5) is 20.0. The van der Waals surface area contributed by atoms with E-state index < -0.39 is 0 Å². The number of rotatable bonds is 6. The van der Waals surface area contributed by atoms with Crippen LogP contribution in [0.3, 0.4) is 0 Å². The van der Waals surface area contributed by atoms with Gasteiger partial charge < -0.3 is 25.2 Å². The van der Waals surface area contributed by atoms with E-state index in [1.807, 2.05) is 7.05 Å². The molecule has 4 aliphatic heterocycles. The molecule has 0 bridgehead atoms.